The molecule has 1 N–H and O–H groups in total. The van der Waals surface area contributed by atoms with Gasteiger partial charge in [-0.25, -0.2) is 4.98 Å². The van der Waals surface area contributed by atoms with E-state index < -0.39 is 0 Å². The van der Waals surface area contributed by atoms with Gasteiger partial charge >= 0.3 is 0 Å². The minimum Gasteiger partial charge on any atom is -0.348 e. The maximum Gasteiger partial charge on any atom is 0.287 e. The first kappa shape index (κ1) is 19.1. The molecule has 1 unspecified atom stereocenters. The Morgan fingerprint density at radius 1 is 1.17 bits per heavy atom. The third kappa shape index (κ3) is 3.49. The molecule has 7 heteroatoms. The second-order valence-corrected chi connectivity index (χ2v) is 7.66. The SMILES string of the molecule is CC1Cc2ccccc2N1C(=O)c1nc(C(=O)NCCN(C)C)n2ccccc12. The van der Waals surface area contributed by atoms with E-state index in [2.05, 4.69) is 10.3 Å². The van der Waals surface area contributed by atoms with Crippen LogP contribution in [0, 0.1) is 0 Å². The van der Waals surface area contributed by atoms with Crippen molar-refractivity contribution in [3.8, 4) is 0 Å². The zero-order valence-corrected chi connectivity index (χ0v) is 16.9. The highest BCUT2D eigenvalue weighted by molar-refractivity contribution is 6.11. The van der Waals surface area contributed by atoms with Gasteiger partial charge in [0.1, 0.15) is 0 Å². The molecule has 0 radical (unpaired) electrons. The number of pyridine rings is 1. The molecule has 29 heavy (non-hydrogen) atoms. The number of hydrogen-bond acceptors (Lipinski definition) is 4. The largest absolute Gasteiger partial charge is 0.348 e. The second-order valence-electron chi connectivity index (χ2n) is 7.66. The fourth-order valence-corrected chi connectivity index (χ4v) is 3.82. The highest BCUT2D eigenvalue weighted by atomic mass is 16.2. The minimum absolute atomic E-state index is 0.0396. The Balaban J connectivity index is 1.70. The van der Waals surface area contributed by atoms with Crippen LogP contribution in [0.3, 0.4) is 0 Å². The van der Waals surface area contributed by atoms with Crippen molar-refractivity contribution in [3.63, 3.8) is 0 Å². The van der Waals surface area contributed by atoms with Gasteiger partial charge in [0.05, 0.1) is 5.52 Å². The van der Waals surface area contributed by atoms with E-state index in [1.54, 1.807) is 15.5 Å². The Labute approximate surface area is 169 Å². The Kier molecular flexibility index (Phi) is 5.07. The van der Waals surface area contributed by atoms with Crippen LogP contribution in [0.1, 0.15) is 33.6 Å². The number of imidazole rings is 1. The number of para-hydroxylation sites is 1. The van der Waals surface area contributed by atoms with Crippen LogP contribution in [0.5, 0.6) is 0 Å². The Bertz CT molecular complexity index is 1070. The fraction of sp³-hybridized carbons (Fsp3) is 0.318. The average Bonchev–Trinajstić information content (AvgIpc) is 3.24. The molecule has 7 nitrogen and oxygen atoms in total. The van der Waals surface area contributed by atoms with Gasteiger partial charge in [0.25, 0.3) is 11.8 Å². The first-order chi connectivity index (χ1) is 14.0. The molecule has 0 aliphatic carbocycles. The molecule has 1 atom stereocenters. The highest BCUT2D eigenvalue weighted by Gasteiger charge is 2.34. The predicted molar refractivity (Wildman–Crippen MR) is 112 cm³/mol. The number of amides is 2. The van der Waals surface area contributed by atoms with Crippen LogP contribution in [0.15, 0.2) is 48.7 Å². The van der Waals surface area contributed by atoms with Gasteiger partial charge in [-0.05, 0) is 51.2 Å². The van der Waals surface area contributed by atoms with Gasteiger partial charge < -0.3 is 15.1 Å². The van der Waals surface area contributed by atoms with E-state index in [0.717, 1.165) is 24.2 Å². The summed E-state index contributed by atoms with van der Waals surface area (Å²) in [5.41, 5.74) is 3.00. The van der Waals surface area contributed by atoms with Gasteiger partial charge in [0, 0.05) is 31.0 Å². The molecule has 1 aromatic carbocycles. The standard InChI is InChI=1S/C22H25N5O2/c1-15-14-16-8-4-5-9-17(16)27(15)22(29)19-18-10-6-7-12-26(18)20(24-19)21(28)23-11-13-25(2)3/h4-10,12,15H,11,13-14H2,1-3H3,(H,23,28). The molecule has 0 saturated carbocycles. The molecule has 0 fully saturated rings. The smallest absolute Gasteiger partial charge is 0.287 e. The van der Waals surface area contributed by atoms with Crippen molar-refractivity contribution in [2.24, 2.45) is 0 Å². The average molecular weight is 391 g/mol. The molecule has 3 heterocycles. The van der Waals surface area contributed by atoms with Crippen molar-refractivity contribution in [2.75, 3.05) is 32.1 Å². The summed E-state index contributed by atoms with van der Waals surface area (Å²) < 4.78 is 1.69. The minimum atomic E-state index is -0.290. The number of rotatable bonds is 5. The molecule has 0 spiro atoms. The first-order valence-corrected chi connectivity index (χ1v) is 9.79. The van der Waals surface area contributed by atoms with Crippen molar-refractivity contribution in [1.29, 1.82) is 0 Å². The van der Waals surface area contributed by atoms with Crippen molar-refractivity contribution in [1.82, 2.24) is 19.6 Å². The number of aromatic nitrogens is 2. The zero-order chi connectivity index (χ0) is 20.5. The van der Waals surface area contributed by atoms with Crippen molar-refractivity contribution in [3.05, 3.63) is 65.7 Å². The van der Waals surface area contributed by atoms with Gasteiger partial charge in [-0.3, -0.25) is 14.0 Å². The van der Waals surface area contributed by atoms with Gasteiger partial charge in [-0.15, -0.1) is 0 Å². The summed E-state index contributed by atoms with van der Waals surface area (Å²) in [5, 5.41) is 2.88. The molecule has 1 aliphatic rings. The van der Waals surface area contributed by atoms with E-state index in [0.29, 0.717) is 17.8 Å². The first-order valence-electron chi connectivity index (χ1n) is 9.79. The fourth-order valence-electron chi connectivity index (χ4n) is 3.82. The number of carbonyl (C=O) groups excluding carboxylic acids is 2. The maximum atomic E-state index is 13.5. The van der Waals surface area contributed by atoms with Gasteiger partial charge in [0.15, 0.2) is 5.69 Å². The molecule has 2 amide bonds. The summed E-state index contributed by atoms with van der Waals surface area (Å²) in [6.45, 7) is 3.27. The van der Waals surface area contributed by atoms with Crippen LogP contribution in [0.2, 0.25) is 0 Å². The number of fused-ring (bicyclic) bond motifs is 2. The molecular formula is C22H25N5O2. The van der Waals surface area contributed by atoms with Crippen LogP contribution in [0.4, 0.5) is 5.69 Å². The summed E-state index contributed by atoms with van der Waals surface area (Å²) in [6.07, 6.45) is 2.58. The van der Waals surface area contributed by atoms with E-state index in [4.69, 9.17) is 0 Å². The molecule has 3 aromatic rings. The zero-order valence-electron chi connectivity index (χ0n) is 16.9. The number of anilines is 1. The van der Waals surface area contributed by atoms with Crippen molar-refractivity contribution in [2.45, 2.75) is 19.4 Å². The molecule has 0 saturated heterocycles. The third-order valence-corrected chi connectivity index (χ3v) is 5.22. The molecule has 150 valence electrons. The van der Waals surface area contributed by atoms with E-state index in [9.17, 15) is 9.59 Å². The number of hydrogen-bond donors (Lipinski definition) is 1. The quantitative estimate of drug-likeness (QED) is 0.724. The lowest BCUT2D eigenvalue weighted by Crippen LogP contribution is -2.36. The maximum absolute atomic E-state index is 13.5. The summed E-state index contributed by atoms with van der Waals surface area (Å²) in [6, 6.07) is 13.5. The normalized spacial score (nSPS) is 15.7. The topological polar surface area (TPSA) is 70.0 Å². The molecular weight excluding hydrogens is 366 g/mol. The lowest BCUT2D eigenvalue weighted by atomic mass is 10.1. The van der Waals surface area contributed by atoms with Gasteiger partial charge in [-0.1, -0.05) is 24.3 Å². The number of likely N-dealkylation sites (N-methyl/N-ethyl adjacent to an activating group) is 1. The monoisotopic (exact) mass is 391 g/mol. The van der Waals surface area contributed by atoms with Crippen LogP contribution < -0.4 is 10.2 Å². The van der Waals surface area contributed by atoms with Crippen LogP contribution in [-0.2, 0) is 6.42 Å². The Morgan fingerprint density at radius 3 is 2.72 bits per heavy atom. The van der Waals surface area contributed by atoms with E-state index in [1.807, 2.05) is 68.4 Å². The molecule has 0 bridgehead atoms. The Hall–Kier alpha value is -3.19. The van der Waals surface area contributed by atoms with E-state index >= 15 is 0 Å². The number of carbonyl (C=O) groups is 2. The van der Waals surface area contributed by atoms with Gasteiger partial charge in [0.2, 0.25) is 5.82 Å². The van der Waals surface area contributed by atoms with Gasteiger partial charge in [-0.2, -0.15) is 0 Å². The van der Waals surface area contributed by atoms with E-state index in [-0.39, 0.29) is 23.7 Å². The summed E-state index contributed by atoms with van der Waals surface area (Å²) >= 11 is 0. The summed E-state index contributed by atoms with van der Waals surface area (Å²) in [5.74, 6) is -0.247. The summed E-state index contributed by atoms with van der Waals surface area (Å²) in [4.78, 5) is 34.5. The summed E-state index contributed by atoms with van der Waals surface area (Å²) in [7, 11) is 3.89. The van der Waals surface area contributed by atoms with Crippen molar-refractivity contribution < 1.29 is 9.59 Å². The lowest BCUT2D eigenvalue weighted by molar-refractivity contribution is 0.0940. The number of nitrogens with one attached hydrogen (secondary N) is 1. The van der Waals surface area contributed by atoms with Crippen molar-refractivity contribution >= 4 is 23.0 Å². The third-order valence-electron chi connectivity index (χ3n) is 5.22. The molecule has 1 aliphatic heterocycles. The molecule has 4 rings (SSSR count). The van der Waals surface area contributed by atoms with E-state index in [1.165, 1.54) is 0 Å². The number of benzene rings is 1. The number of nitrogens with zero attached hydrogens (tertiary/aromatic N) is 4. The Morgan fingerprint density at radius 2 is 1.93 bits per heavy atom. The van der Waals surface area contributed by atoms with Crippen LogP contribution in [0.25, 0.3) is 5.52 Å². The molecule has 2 aromatic heterocycles. The lowest BCUT2D eigenvalue weighted by Gasteiger charge is -2.21. The second kappa shape index (κ2) is 7.67. The van der Waals surface area contributed by atoms with Crippen LogP contribution in [-0.4, -0.2) is 59.3 Å². The van der Waals surface area contributed by atoms with Crippen LogP contribution >= 0.6 is 0 Å². The highest BCUT2D eigenvalue weighted by Crippen LogP contribution is 2.33. The predicted octanol–water partition coefficient (Wildman–Crippen LogP) is 2.22.